The van der Waals surface area contributed by atoms with Crippen LogP contribution >= 0.6 is 27.7 Å². The Morgan fingerprint density at radius 2 is 1.78 bits per heavy atom. The second-order valence-corrected chi connectivity index (χ2v) is 5.83. The van der Waals surface area contributed by atoms with E-state index in [0.29, 0.717) is 5.75 Å². The number of aryl methyl sites for hydroxylation is 1. The molecular weight excluding hydrogens is 308 g/mol. The van der Waals surface area contributed by atoms with Crippen LogP contribution in [0.3, 0.4) is 0 Å². The monoisotopic (exact) mass is 320 g/mol. The van der Waals surface area contributed by atoms with Crippen LogP contribution < -0.4 is 0 Å². The average Bonchev–Trinajstić information content (AvgIpc) is 2.38. The second kappa shape index (κ2) is 6.21. The molecule has 0 unspecified atom stereocenters. The zero-order chi connectivity index (χ0) is 13.0. The van der Waals surface area contributed by atoms with Gasteiger partial charge in [0.25, 0.3) is 0 Å². The predicted octanol–water partition coefficient (Wildman–Crippen LogP) is 4.73. The first-order valence-electron chi connectivity index (χ1n) is 5.64. The summed E-state index contributed by atoms with van der Waals surface area (Å²) >= 11 is 5.00. The Bertz CT molecular complexity index is 566. The molecule has 0 bridgehead atoms. The van der Waals surface area contributed by atoms with Crippen molar-refractivity contribution in [2.24, 2.45) is 0 Å². The molecule has 2 aromatic carbocycles. The number of benzene rings is 2. The van der Waals surface area contributed by atoms with E-state index in [1.165, 1.54) is 5.56 Å². The Kier molecular flexibility index (Phi) is 4.61. The summed E-state index contributed by atoms with van der Waals surface area (Å²) in [5.41, 5.74) is 1.96. The van der Waals surface area contributed by atoms with E-state index in [4.69, 9.17) is 0 Å². The van der Waals surface area contributed by atoms with Crippen LogP contribution in [-0.4, -0.2) is 11.5 Å². The van der Waals surface area contributed by atoms with Gasteiger partial charge in [-0.05, 0) is 24.6 Å². The van der Waals surface area contributed by atoms with Crippen molar-refractivity contribution in [2.75, 3.05) is 5.75 Å². The van der Waals surface area contributed by atoms with Gasteiger partial charge in [0.1, 0.15) is 0 Å². The van der Waals surface area contributed by atoms with Crippen molar-refractivity contribution in [3.05, 3.63) is 64.1 Å². The van der Waals surface area contributed by atoms with Crippen molar-refractivity contribution in [3.8, 4) is 0 Å². The minimum atomic E-state index is 0.149. The first kappa shape index (κ1) is 13.4. The molecule has 0 aromatic heterocycles. The summed E-state index contributed by atoms with van der Waals surface area (Å²) in [5.74, 6) is 0.615. The van der Waals surface area contributed by atoms with E-state index in [9.17, 15) is 4.79 Å². The van der Waals surface area contributed by atoms with Gasteiger partial charge in [0.15, 0.2) is 5.78 Å². The van der Waals surface area contributed by atoms with Crippen LogP contribution in [0, 0.1) is 6.92 Å². The molecule has 0 N–H and O–H groups in total. The highest BCUT2D eigenvalue weighted by molar-refractivity contribution is 9.10. The number of Topliss-reactive ketones (excluding diaryl/α,β-unsaturated/α-hetero) is 1. The van der Waals surface area contributed by atoms with Gasteiger partial charge in [-0.3, -0.25) is 4.79 Å². The highest BCUT2D eigenvalue weighted by atomic mass is 79.9. The third kappa shape index (κ3) is 3.24. The van der Waals surface area contributed by atoms with Crippen LogP contribution in [0.4, 0.5) is 0 Å². The normalized spacial score (nSPS) is 10.3. The van der Waals surface area contributed by atoms with Crippen LogP contribution in [-0.2, 0) is 0 Å². The van der Waals surface area contributed by atoms with Crippen LogP contribution in [0.25, 0.3) is 0 Å². The van der Waals surface area contributed by atoms with Crippen molar-refractivity contribution in [2.45, 2.75) is 11.8 Å². The molecule has 0 heterocycles. The maximum absolute atomic E-state index is 12.1. The summed E-state index contributed by atoms with van der Waals surface area (Å²) in [5, 5.41) is 0. The van der Waals surface area contributed by atoms with Gasteiger partial charge in [-0.25, -0.2) is 0 Å². The van der Waals surface area contributed by atoms with Crippen LogP contribution in [0.5, 0.6) is 0 Å². The first-order valence-corrected chi connectivity index (χ1v) is 7.42. The summed E-state index contributed by atoms with van der Waals surface area (Å²) in [6.07, 6.45) is 0. The number of carbonyl (C=O) groups is 1. The number of carbonyl (C=O) groups excluding carboxylic acids is 1. The number of ketones is 1. The van der Waals surface area contributed by atoms with Crippen molar-refractivity contribution in [1.29, 1.82) is 0 Å². The third-order valence-electron chi connectivity index (χ3n) is 2.63. The molecule has 0 saturated carbocycles. The number of hydrogen-bond donors (Lipinski definition) is 0. The fourth-order valence-corrected chi connectivity index (χ4v) is 3.05. The molecule has 0 aliphatic carbocycles. The number of hydrogen-bond acceptors (Lipinski definition) is 2. The van der Waals surface area contributed by atoms with Gasteiger partial charge < -0.3 is 0 Å². The number of halogens is 1. The molecule has 0 aliphatic rings. The lowest BCUT2D eigenvalue weighted by Crippen LogP contribution is -2.03. The molecule has 92 valence electrons. The number of rotatable bonds is 4. The van der Waals surface area contributed by atoms with Gasteiger partial charge >= 0.3 is 0 Å². The summed E-state index contributed by atoms with van der Waals surface area (Å²) in [6.45, 7) is 2.06. The summed E-state index contributed by atoms with van der Waals surface area (Å²) in [6, 6.07) is 15.7. The standard InChI is InChI=1S/C15H13BrOS/c1-11-6-2-5-9-15(11)18-10-14(17)12-7-3-4-8-13(12)16/h2-9H,10H2,1H3. The summed E-state index contributed by atoms with van der Waals surface area (Å²) < 4.78 is 0.861. The maximum Gasteiger partial charge on any atom is 0.174 e. The summed E-state index contributed by atoms with van der Waals surface area (Å²) in [7, 11) is 0. The lowest BCUT2D eigenvalue weighted by molar-refractivity contribution is 0.102. The van der Waals surface area contributed by atoms with Gasteiger partial charge in [0.05, 0.1) is 5.75 Å². The molecule has 0 amide bonds. The fraction of sp³-hybridized carbons (Fsp3) is 0.133. The fourth-order valence-electron chi connectivity index (χ4n) is 1.63. The number of thioether (sulfide) groups is 1. The molecule has 1 nitrogen and oxygen atoms in total. The largest absolute Gasteiger partial charge is 0.293 e. The molecule has 2 rings (SSSR count). The second-order valence-electron chi connectivity index (χ2n) is 3.96. The van der Waals surface area contributed by atoms with Crippen molar-refractivity contribution in [1.82, 2.24) is 0 Å². The van der Waals surface area contributed by atoms with Gasteiger partial charge in [-0.2, -0.15) is 0 Å². The van der Waals surface area contributed by atoms with Crippen LogP contribution in [0.1, 0.15) is 15.9 Å². The topological polar surface area (TPSA) is 17.1 Å². The predicted molar refractivity (Wildman–Crippen MR) is 80.4 cm³/mol. The Balaban J connectivity index is 2.06. The Labute approximate surface area is 120 Å². The van der Waals surface area contributed by atoms with Crippen LogP contribution in [0.15, 0.2) is 57.9 Å². The molecule has 0 spiro atoms. The lowest BCUT2D eigenvalue weighted by atomic mass is 10.1. The highest BCUT2D eigenvalue weighted by Gasteiger charge is 2.10. The smallest absolute Gasteiger partial charge is 0.174 e. The molecule has 0 saturated heterocycles. The third-order valence-corrected chi connectivity index (χ3v) is 4.49. The van der Waals surface area contributed by atoms with E-state index in [2.05, 4.69) is 28.9 Å². The SMILES string of the molecule is Cc1ccccc1SCC(=O)c1ccccc1Br. The van der Waals surface area contributed by atoms with Crippen molar-refractivity contribution in [3.63, 3.8) is 0 Å². The molecule has 3 heteroatoms. The van der Waals surface area contributed by atoms with E-state index >= 15 is 0 Å². The van der Waals surface area contributed by atoms with Crippen molar-refractivity contribution >= 4 is 33.5 Å². The minimum Gasteiger partial charge on any atom is -0.293 e. The Hall–Kier alpha value is -1.06. The molecular formula is C15H13BrOS. The van der Waals surface area contributed by atoms with E-state index in [-0.39, 0.29) is 5.78 Å². The molecule has 0 atom stereocenters. The highest BCUT2D eigenvalue weighted by Crippen LogP contribution is 2.24. The van der Waals surface area contributed by atoms with Gasteiger partial charge in [0, 0.05) is 14.9 Å². The van der Waals surface area contributed by atoms with Gasteiger partial charge in [0.2, 0.25) is 0 Å². The van der Waals surface area contributed by atoms with E-state index in [1.807, 2.05) is 42.5 Å². The Morgan fingerprint density at radius 3 is 2.50 bits per heavy atom. The molecule has 18 heavy (non-hydrogen) atoms. The minimum absolute atomic E-state index is 0.149. The Morgan fingerprint density at radius 1 is 1.11 bits per heavy atom. The van der Waals surface area contributed by atoms with E-state index < -0.39 is 0 Å². The molecule has 2 aromatic rings. The lowest BCUT2D eigenvalue weighted by Gasteiger charge is -2.05. The summed E-state index contributed by atoms with van der Waals surface area (Å²) in [4.78, 5) is 13.3. The zero-order valence-corrected chi connectivity index (χ0v) is 12.4. The molecule has 0 aliphatic heterocycles. The molecule has 0 radical (unpaired) electrons. The van der Waals surface area contributed by atoms with Crippen LogP contribution in [0.2, 0.25) is 0 Å². The van der Waals surface area contributed by atoms with Gasteiger partial charge in [-0.1, -0.05) is 52.3 Å². The van der Waals surface area contributed by atoms with E-state index in [1.54, 1.807) is 11.8 Å². The van der Waals surface area contributed by atoms with Crippen molar-refractivity contribution < 1.29 is 4.79 Å². The van der Waals surface area contributed by atoms with Gasteiger partial charge in [-0.15, -0.1) is 11.8 Å². The molecule has 0 fully saturated rings. The average molecular weight is 321 g/mol. The first-order chi connectivity index (χ1) is 8.68. The van der Waals surface area contributed by atoms with E-state index in [0.717, 1.165) is 14.9 Å². The zero-order valence-electron chi connectivity index (χ0n) is 10.0. The maximum atomic E-state index is 12.1. The quantitative estimate of drug-likeness (QED) is 0.598.